The van der Waals surface area contributed by atoms with Gasteiger partial charge < -0.3 is 9.72 Å². The van der Waals surface area contributed by atoms with E-state index in [-0.39, 0.29) is 5.91 Å². The Labute approximate surface area is 136 Å². The van der Waals surface area contributed by atoms with Crippen LogP contribution in [-0.2, 0) is 9.53 Å². The summed E-state index contributed by atoms with van der Waals surface area (Å²) in [6, 6.07) is 11.8. The predicted molar refractivity (Wildman–Crippen MR) is 92.0 cm³/mol. The van der Waals surface area contributed by atoms with E-state index in [0.717, 1.165) is 42.1 Å². The number of rotatable bonds is 7. The number of amides is 1. The molecule has 5 nitrogen and oxygen atoms in total. The molecule has 1 amide bonds. The molecule has 0 saturated heterocycles. The third-order valence-corrected chi connectivity index (χ3v) is 3.85. The van der Waals surface area contributed by atoms with Gasteiger partial charge in [0.05, 0.1) is 17.9 Å². The van der Waals surface area contributed by atoms with Gasteiger partial charge in [-0.15, -0.1) is 0 Å². The molecule has 0 unspecified atom stereocenters. The summed E-state index contributed by atoms with van der Waals surface area (Å²) >= 11 is 0. The average Bonchev–Trinajstić information content (AvgIpc) is 3.17. The van der Waals surface area contributed by atoms with Gasteiger partial charge in [0.15, 0.2) is 0 Å². The minimum atomic E-state index is 0.0278. The van der Waals surface area contributed by atoms with Crippen LogP contribution in [0.4, 0.5) is 5.69 Å². The number of carbonyl (C=O) groups is 1. The molecule has 0 aliphatic carbocycles. The van der Waals surface area contributed by atoms with Gasteiger partial charge in [0, 0.05) is 31.2 Å². The Morgan fingerprint density at radius 2 is 2.13 bits per heavy atom. The Morgan fingerprint density at radius 3 is 2.91 bits per heavy atom. The molecule has 0 fully saturated rings. The zero-order chi connectivity index (χ0) is 16.1. The predicted octanol–water partition coefficient (Wildman–Crippen LogP) is 2.49. The number of nitrogens with zero attached hydrogens (tertiary/aromatic N) is 1. The van der Waals surface area contributed by atoms with Crippen molar-refractivity contribution in [2.75, 3.05) is 31.8 Å². The highest BCUT2D eigenvalue weighted by atomic mass is 16.5. The zero-order valence-corrected chi connectivity index (χ0v) is 13.2. The number of hydrogen-bond acceptors (Lipinski definition) is 3. The van der Waals surface area contributed by atoms with Crippen LogP contribution < -0.4 is 10.2 Å². The highest BCUT2D eigenvalue weighted by Crippen LogP contribution is 2.36. The molecule has 3 rings (SSSR count). The molecule has 5 heteroatoms. The van der Waals surface area contributed by atoms with Crippen LogP contribution in [-0.4, -0.2) is 37.8 Å². The van der Waals surface area contributed by atoms with Crippen LogP contribution >= 0.6 is 0 Å². The van der Waals surface area contributed by atoms with E-state index in [4.69, 9.17) is 4.74 Å². The molecular weight excluding hydrogens is 290 g/mol. The molecule has 1 aromatic carbocycles. The van der Waals surface area contributed by atoms with Crippen molar-refractivity contribution < 1.29 is 9.53 Å². The average molecular weight is 311 g/mol. The lowest BCUT2D eigenvalue weighted by molar-refractivity contribution is -0.113. The van der Waals surface area contributed by atoms with Crippen LogP contribution in [0, 0.1) is 0 Å². The largest absolute Gasteiger partial charge is 0.385 e. The van der Waals surface area contributed by atoms with E-state index in [2.05, 4.69) is 10.3 Å². The van der Waals surface area contributed by atoms with Crippen molar-refractivity contribution in [2.24, 2.45) is 0 Å². The summed E-state index contributed by atoms with van der Waals surface area (Å²) in [4.78, 5) is 17.7. The number of H-pyrrole nitrogens is 1. The number of aromatic amines is 1. The van der Waals surface area contributed by atoms with E-state index in [0.29, 0.717) is 6.67 Å². The number of aromatic nitrogens is 1. The first-order valence-corrected chi connectivity index (χ1v) is 7.77. The van der Waals surface area contributed by atoms with Crippen LogP contribution in [0.3, 0.4) is 0 Å². The van der Waals surface area contributed by atoms with E-state index >= 15 is 0 Å². The molecule has 1 aromatic heterocycles. The quantitative estimate of drug-likeness (QED) is 0.610. The van der Waals surface area contributed by atoms with Gasteiger partial charge in [0.25, 0.3) is 5.91 Å². The van der Waals surface area contributed by atoms with E-state index in [1.165, 1.54) is 0 Å². The summed E-state index contributed by atoms with van der Waals surface area (Å²) in [5, 5.41) is 3.30. The highest BCUT2D eigenvalue weighted by molar-refractivity contribution is 6.35. The molecule has 1 aliphatic heterocycles. The minimum absolute atomic E-state index is 0.0278. The number of fused-ring (bicyclic) bond motifs is 1. The summed E-state index contributed by atoms with van der Waals surface area (Å²) in [7, 11) is 1.69. The fourth-order valence-electron chi connectivity index (χ4n) is 2.73. The zero-order valence-electron chi connectivity index (χ0n) is 13.2. The number of nitrogens with one attached hydrogen (secondary N) is 2. The first-order chi connectivity index (χ1) is 11.3. The van der Waals surface area contributed by atoms with Gasteiger partial charge in [-0.1, -0.05) is 18.2 Å². The van der Waals surface area contributed by atoms with Crippen LogP contribution in [0.5, 0.6) is 0 Å². The summed E-state index contributed by atoms with van der Waals surface area (Å²) in [6.07, 6.45) is 4.68. The van der Waals surface area contributed by atoms with Crippen molar-refractivity contribution >= 4 is 23.2 Å². The second kappa shape index (κ2) is 7.26. The van der Waals surface area contributed by atoms with E-state index in [1.54, 1.807) is 12.0 Å². The molecule has 0 bridgehead atoms. The SMILES string of the molecule is COCCCNCN1C(=O)/C(=C\c2ccc[nH]2)c2ccccc21. The van der Waals surface area contributed by atoms with Crippen molar-refractivity contribution in [1.82, 2.24) is 10.3 Å². The minimum Gasteiger partial charge on any atom is -0.385 e. The maximum atomic E-state index is 12.8. The molecular formula is C18H21N3O2. The third-order valence-electron chi connectivity index (χ3n) is 3.85. The van der Waals surface area contributed by atoms with Gasteiger partial charge in [-0.25, -0.2) is 0 Å². The van der Waals surface area contributed by atoms with Crippen molar-refractivity contribution in [3.63, 3.8) is 0 Å². The van der Waals surface area contributed by atoms with Gasteiger partial charge >= 0.3 is 0 Å². The summed E-state index contributed by atoms with van der Waals surface area (Å²) in [5.74, 6) is 0.0278. The Balaban J connectivity index is 1.78. The van der Waals surface area contributed by atoms with E-state index in [1.807, 2.05) is 48.7 Å². The Hall–Kier alpha value is -2.37. The molecule has 0 radical (unpaired) electrons. The number of benzene rings is 1. The van der Waals surface area contributed by atoms with Crippen LogP contribution in [0.15, 0.2) is 42.6 Å². The smallest absolute Gasteiger partial charge is 0.260 e. The molecule has 0 atom stereocenters. The number of carbonyl (C=O) groups excluding carboxylic acids is 1. The van der Waals surface area contributed by atoms with Gasteiger partial charge in [-0.05, 0) is 37.2 Å². The number of methoxy groups -OCH3 is 1. The maximum absolute atomic E-state index is 12.8. The van der Waals surface area contributed by atoms with Gasteiger partial charge in [0.2, 0.25) is 0 Å². The standard InChI is InChI=1S/C18H21N3O2/c1-23-11-5-9-19-13-21-17-8-3-2-7-15(17)16(18(21)22)12-14-6-4-10-20-14/h2-4,6-8,10,12,19-20H,5,9,11,13H2,1H3/b16-12-. The van der Waals surface area contributed by atoms with Gasteiger partial charge in [-0.2, -0.15) is 0 Å². The lowest BCUT2D eigenvalue weighted by Crippen LogP contribution is -2.36. The first kappa shape index (κ1) is 15.5. The monoisotopic (exact) mass is 311 g/mol. The second-order valence-electron chi connectivity index (χ2n) is 5.44. The molecule has 2 aromatic rings. The van der Waals surface area contributed by atoms with E-state index < -0.39 is 0 Å². The fraction of sp³-hybridized carbons (Fsp3) is 0.278. The molecule has 120 valence electrons. The van der Waals surface area contributed by atoms with Crippen molar-refractivity contribution in [3.05, 3.63) is 53.9 Å². The van der Waals surface area contributed by atoms with Crippen LogP contribution in [0.2, 0.25) is 0 Å². The number of hydrogen-bond donors (Lipinski definition) is 2. The highest BCUT2D eigenvalue weighted by Gasteiger charge is 2.31. The third kappa shape index (κ3) is 3.36. The van der Waals surface area contributed by atoms with Gasteiger partial charge in [-0.3, -0.25) is 15.0 Å². The normalized spacial score (nSPS) is 15.4. The molecule has 1 aliphatic rings. The molecule has 2 heterocycles. The number of anilines is 1. The van der Waals surface area contributed by atoms with Crippen LogP contribution in [0.25, 0.3) is 11.6 Å². The second-order valence-corrected chi connectivity index (χ2v) is 5.44. The van der Waals surface area contributed by atoms with E-state index in [9.17, 15) is 4.79 Å². The lowest BCUT2D eigenvalue weighted by Gasteiger charge is -2.17. The molecule has 23 heavy (non-hydrogen) atoms. The Bertz CT molecular complexity index is 692. The Kier molecular flexibility index (Phi) is 4.90. The van der Waals surface area contributed by atoms with Crippen molar-refractivity contribution in [3.8, 4) is 0 Å². The molecule has 0 saturated carbocycles. The van der Waals surface area contributed by atoms with Gasteiger partial charge in [0.1, 0.15) is 0 Å². The number of ether oxygens (including phenoxy) is 1. The summed E-state index contributed by atoms with van der Waals surface area (Å²) in [6.45, 7) is 2.03. The molecule has 0 spiro atoms. The number of para-hydroxylation sites is 1. The van der Waals surface area contributed by atoms with Crippen molar-refractivity contribution in [2.45, 2.75) is 6.42 Å². The fourth-order valence-corrected chi connectivity index (χ4v) is 2.73. The molecule has 2 N–H and O–H groups in total. The first-order valence-electron chi connectivity index (χ1n) is 7.77. The lowest BCUT2D eigenvalue weighted by atomic mass is 10.1. The Morgan fingerprint density at radius 1 is 1.26 bits per heavy atom. The summed E-state index contributed by atoms with van der Waals surface area (Å²) in [5.41, 5.74) is 3.58. The van der Waals surface area contributed by atoms with Crippen LogP contribution in [0.1, 0.15) is 17.7 Å². The topological polar surface area (TPSA) is 57.4 Å². The maximum Gasteiger partial charge on any atom is 0.260 e. The summed E-state index contributed by atoms with van der Waals surface area (Å²) < 4.78 is 5.03. The van der Waals surface area contributed by atoms with Crippen molar-refractivity contribution in [1.29, 1.82) is 0 Å².